The lowest BCUT2D eigenvalue weighted by molar-refractivity contribution is -1.05. The van der Waals surface area contributed by atoms with Crippen LogP contribution in [0, 0.1) is 0 Å². The third kappa shape index (κ3) is 3.27. The van der Waals surface area contributed by atoms with Gasteiger partial charge in [0.1, 0.15) is 6.54 Å². The Balaban J connectivity index is 1.75. The molecule has 0 saturated carbocycles. The van der Waals surface area contributed by atoms with Gasteiger partial charge in [0.25, 0.3) is 0 Å². The van der Waals surface area contributed by atoms with Gasteiger partial charge in [0.2, 0.25) is 0 Å². The Hall–Kier alpha value is -1.39. The van der Waals surface area contributed by atoms with Gasteiger partial charge in [0.15, 0.2) is 0 Å². The zero-order valence-corrected chi connectivity index (χ0v) is 12.7. The van der Waals surface area contributed by atoms with Gasteiger partial charge >= 0.3 is 6.41 Å². The normalized spacial score (nSPS) is 23.0. The summed E-state index contributed by atoms with van der Waals surface area (Å²) in [5.74, 6) is 0. The fourth-order valence-corrected chi connectivity index (χ4v) is 3.78. The molecule has 4 heteroatoms. The largest absolute Gasteiger partial charge is 0.331 e. The molecule has 0 bridgehead atoms. The van der Waals surface area contributed by atoms with E-state index < -0.39 is 0 Å². The van der Waals surface area contributed by atoms with E-state index in [0.717, 1.165) is 37.3 Å². The molecule has 0 unspecified atom stereocenters. The van der Waals surface area contributed by atoms with Crippen LogP contribution in [-0.2, 0) is 11.3 Å². The number of nitrogens with zero attached hydrogens (tertiary/aromatic N) is 3. The predicted octanol–water partition coefficient (Wildman–Crippen LogP) is 1.79. The van der Waals surface area contributed by atoms with Crippen LogP contribution in [0.25, 0.3) is 0 Å². The molecule has 2 aliphatic heterocycles. The van der Waals surface area contributed by atoms with Crippen LogP contribution in [0.2, 0.25) is 0 Å². The number of hydrogen-bond donors (Lipinski definition) is 0. The fourth-order valence-electron chi connectivity index (χ4n) is 3.78. The Kier molecular flexibility index (Phi) is 4.56. The summed E-state index contributed by atoms with van der Waals surface area (Å²) < 4.78 is 1.08. The van der Waals surface area contributed by atoms with Crippen LogP contribution in [0.5, 0.6) is 0 Å². The molecular weight excluding hydrogens is 262 g/mol. The second kappa shape index (κ2) is 6.58. The lowest BCUT2D eigenvalue weighted by Crippen LogP contribution is -2.66. The molecule has 0 aromatic heterocycles. The van der Waals surface area contributed by atoms with E-state index in [-0.39, 0.29) is 0 Å². The van der Waals surface area contributed by atoms with E-state index >= 15 is 0 Å². The summed E-state index contributed by atoms with van der Waals surface area (Å²) in [5.41, 5.74) is 1.42. The molecule has 2 aliphatic rings. The summed E-state index contributed by atoms with van der Waals surface area (Å²) in [7, 11) is 0. The molecule has 0 aliphatic carbocycles. The van der Waals surface area contributed by atoms with Gasteiger partial charge in [-0.15, -0.1) is 0 Å². The van der Waals surface area contributed by atoms with Gasteiger partial charge < -0.3 is 4.90 Å². The van der Waals surface area contributed by atoms with Crippen molar-refractivity contribution in [2.24, 2.45) is 0 Å². The number of benzene rings is 1. The highest BCUT2D eigenvalue weighted by atomic mass is 16.1. The molecule has 0 spiro atoms. The van der Waals surface area contributed by atoms with Crippen molar-refractivity contribution in [3.05, 3.63) is 35.9 Å². The Morgan fingerprint density at radius 3 is 2.24 bits per heavy atom. The van der Waals surface area contributed by atoms with Crippen molar-refractivity contribution < 1.29 is 9.39 Å². The predicted molar refractivity (Wildman–Crippen MR) is 82.8 cm³/mol. The molecule has 1 amide bonds. The van der Waals surface area contributed by atoms with Crippen molar-refractivity contribution in [2.75, 3.05) is 39.3 Å². The van der Waals surface area contributed by atoms with Gasteiger partial charge in [-0.25, -0.2) is 4.59 Å². The molecule has 2 fully saturated rings. The maximum Gasteiger partial charge on any atom is 0.312 e. The number of likely N-dealkylation sites (tertiary alicyclic amines) is 1. The molecule has 0 N–H and O–H groups in total. The number of rotatable bonds is 4. The van der Waals surface area contributed by atoms with Crippen molar-refractivity contribution >= 4 is 6.41 Å². The summed E-state index contributed by atoms with van der Waals surface area (Å²) in [5, 5.41) is 2.60. The highest BCUT2D eigenvalue weighted by Gasteiger charge is 2.38. The van der Waals surface area contributed by atoms with E-state index in [2.05, 4.69) is 35.3 Å². The maximum absolute atomic E-state index is 10.8. The minimum Gasteiger partial charge on any atom is -0.331 e. The summed E-state index contributed by atoms with van der Waals surface area (Å²) in [4.78, 5) is 12.6. The summed E-state index contributed by atoms with van der Waals surface area (Å²) in [6.45, 7) is 7.14. The average Bonchev–Trinajstić information content (AvgIpc) is 2.57. The topological polar surface area (TPSA) is 23.6 Å². The lowest BCUT2D eigenvalue weighted by Gasteiger charge is -2.50. The van der Waals surface area contributed by atoms with Crippen LogP contribution in [0.4, 0.5) is 0 Å². The molecule has 1 radical (unpaired) electrons. The van der Waals surface area contributed by atoms with Gasteiger partial charge in [0.05, 0.1) is 26.2 Å². The number of quaternary nitrogens is 1. The monoisotopic (exact) mass is 287 g/mol. The average molecular weight is 287 g/mol. The molecule has 113 valence electrons. The smallest absolute Gasteiger partial charge is 0.312 e. The van der Waals surface area contributed by atoms with Crippen LogP contribution in [0.1, 0.15) is 24.8 Å². The first kappa shape index (κ1) is 14.5. The van der Waals surface area contributed by atoms with Crippen LogP contribution in [0.3, 0.4) is 0 Å². The van der Waals surface area contributed by atoms with Crippen molar-refractivity contribution in [1.29, 1.82) is 0 Å². The van der Waals surface area contributed by atoms with Crippen LogP contribution < -0.4 is 0 Å². The van der Waals surface area contributed by atoms with E-state index in [1.165, 1.54) is 37.9 Å². The number of hydrogen-bond acceptors (Lipinski definition) is 2. The zero-order chi connectivity index (χ0) is 14.5. The van der Waals surface area contributed by atoms with E-state index in [1.807, 2.05) is 6.41 Å². The van der Waals surface area contributed by atoms with Crippen LogP contribution >= 0.6 is 0 Å². The Morgan fingerprint density at radius 2 is 1.62 bits per heavy atom. The van der Waals surface area contributed by atoms with Crippen molar-refractivity contribution in [3.8, 4) is 0 Å². The van der Waals surface area contributed by atoms with E-state index in [9.17, 15) is 4.79 Å². The first-order valence-electron chi connectivity index (χ1n) is 8.11. The van der Waals surface area contributed by atoms with Crippen LogP contribution in [0.15, 0.2) is 30.3 Å². The van der Waals surface area contributed by atoms with E-state index in [0.29, 0.717) is 0 Å². The van der Waals surface area contributed by atoms with E-state index in [1.54, 1.807) is 4.90 Å². The minimum absolute atomic E-state index is 0.818. The molecule has 2 saturated heterocycles. The summed E-state index contributed by atoms with van der Waals surface area (Å²) >= 11 is 0. The van der Waals surface area contributed by atoms with Gasteiger partial charge in [-0.1, -0.05) is 30.3 Å². The summed E-state index contributed by atoms with van der Waals surface area (Å²) in [6.07, 6.45) is 6.02. The van der Waals surface area contributed by atoms with Crippen LogP contribution in [-0.4, -0.2) is 60.2 Å². The molecule has 1 aromatic rings. The number of amides is 1. The Morgan fingerprint density at radius 1 is 0.952 bits per heavy atom. The van der Waals surface area contributed by atoms with Gasteiger partial charge in [-0.3, -0.25) is 4.79 Å². The fraction of sp³-hybridized carbons (Fsp3) is 0.588. The van der Waals surface area contributed by atoms with Crippen molar-refractivity contribution in [2.45, 2.75) is 25.8 Å². The Labute approximate surface area is 127 Å². The quantitative estimate of drug-likeness (QED) is 0.788. The zero-order valence-electron chi connectivity index (χ0n) is 12.7. The number of carbonyl (C=O) groups excluding carboxylic acids is 1. The lowest BCUT2D eigenvalue weighted by atomic mass is 10.1. The standard InChI is InChI=1S/C17H25N3O/c21-16-18-9-11-19(12-10-18)20(13-5-2-6-14-20)15-17-7-3-1-4-8-17/h1,3-4,7-8H,2,5-6,9-15H2/q+1. The molecule has 0 atom stereocenters. The molecular formula is C17H25N3O+. The molecule has 1 aromatic carbocycles. The SMILES string of the molecule is O=[C]N1CCN([N+]2(Cc3ccccc3)CCCCC2)CC1. The molecule has 2 heterocycles. The third-order valence-corrected chi connectivity index (χ3v) is 4.95. The molecule has 4 nitrogen and oxygen atoms in total. The molecule has 21 heavy (non-hydrogen) atoms. The highest BCUT2D eigenvalue weighted by Crippen LogP contribution is 2.26. The third-order valence-electron chi connectivity index (χ3n) is 4.95. The van der Waals surface area contributed by atoms with Crippen molar-refractivity contribution in [3.63, 3.8) is 0 Å². The number of piperidine rings is 1. The second-order valence-electron chi connectivity index (χ2n) is 6.28. The van der Waals surface area contributed by atoms with Gasteiger partial charge in [-0.05, 0) is 19.3 Å². The van der Waals surface area contributed by atoms with Gasteiger partial charge in [0, 0.05) is 18.7 Å². The number of piperazine rings is 1. The first-order valence-corrected chi connectivity index (χ1v) is 8.11. The Bertz CT molecular complexity index is 448. The molecule has 3 rings (SSSR count). The first-order chi connectivity index (χ1) is 10.3. The minimum atomic E-state index is 0.818. The van der Waals surface area contributed by atoms with E-state index in [4.69, 9.17) is 0 Å². The summed E-state index contributed by atoms with van der Waals surface area (Å²) in [6, 6.07) is 10.8. The van der Waals surface area contributed by atoms with Gasteiger partial charge in [-0.2, -0.15) is 5.01 Å². The highest BCUT2D eigenvalue weighted by molar-refractivity contribution is 5.48. The van der Waals surface area contributed by atoms with Crippen molar-refractivity contribution in [1.82, 2.24) is 9.91 Å². The second-order valence-corrected chi connectivity index (χ2v) is 6.28. The maximum atomic E-state index is 10.8.